The number of aromatic amines is 1. The minimum absolute atomic E-state index is 0.0294. The molecule has 2 heterocycles. The molecule has 0 unspecified atom stereocenters. The number of nitrogens with zero attached hydrogens (tertiary/aromatic N) is 3. The molecule has 0 saturated carbocycles. The average Bonchev–Trinajstić information content (AvgIpc) is 3.21. The third-order valence-corrected chi connectivity index (χ3v) is 4.25. The van der Waals surface area contributed by atoms with Crippen LogP contribution in [0.5, 0.6) is 11.5 Å². The molecule has 2 aromatic carbocycles. The van der Waals surface area contributed by atoms with Crippen LogP contribution in [0.4, 0.5) is 18.9 Å². The van der Waals surface area contributed by atoms with Gasteiger partial charge in [-0.2, -0.15) is 10.3 Å². The number of benzene rings is 2. The first-order valence-corrected chi connectivity index (χ1v) is 8.85. The smallest absolute Gasteiger partial charge is 0.495 e. The molecule has 11 heteroatoms. The summed E-state index contributed by atoms with van der Waals surface area (Å²) in [4.78, 5) is 17.1. The number of rotatable bonds is 5. The second kappa shape index (κ2) is 7.94. The number of carbonyl (C=O) groups is 1. The fourth-order valence-electron chi connectivity index (χ4n) is 2.89. The van der Waals surface area contributed by atoms with Crippen molar-refractivity contribution in [2.75, 3.05) is 12.4 Å². The van der Waals surface area contributed by atoms with Gasteiger partial charge in [-0.25, -0.2) is 4.98 Å². The van der Waals surface area contributed by atoms with Gasteiger partial charge >= 0.3 is 6.36 Å². The van der Waals surface area contributed by atoms with E-state index in [1.54, 1.807) is 36.4 Å². The third-order valence-electron chi connectivity index (χ3n) is 4.25. The molecule has 158 valence electrons. The van der Waals surface area contributed by atoms with Crippen molar-refractivity contribution in [3.63, 3.8) is 0 Å². The number of pyridine rings is 1. The number of ether oxygens (including phenoxy) is 2. The number of aromatic nitrogens is 4. The van der Waals surface area contributed by atoms with Gasteiger partial charge in [-0.15, -0.1) is 18.3 Å². The van der Waals surface area contributed by atoms with Gasteiger partial charge in [-0.1, -0.05) is 12.1 Å². The number of anilines is 1. The lowest BCUT2D eigenvalue weighted by Gasteiger charge is -2.14. The summed E-state index contributed by atoms with van der Waals surface area (Å²) in [5.41, 5.74) is 2.56. The van der Waals surface area contributed by atoms with Crippen molar-refractivity contribution in [2.24, 2.45) is 0 Å². The molecule has 2 N–H and O–H groups in total. The minimum atomic E-state index is -4.86. The van der Waals surface area contributed by atoms with Gasteiger partial charge in [-0.05, 0) is 36.4 Å². The first-order valence-electron chi connectivity index (χ1n) is 8.85. The number of amides is 1. The van der Waals surface area contributed by atoms with Crippen molar-refractivity contribution in [1.29, 1.82) is 0 Å². The Kier molecular flexibility index (Phi) is 5.15. The molecular formula is C20H14F3N5O3. The van der Waals surface area contributed by atoms with Crippen molar-refractivity contribution in [1.82, 2.24) is 20.4 Å². The van der Waals surface area contributed by atoms with Crippen molar-refractivity contribution < 1.29 is 27.4 Å². The van der Waals surface area contributed by atoms with Gasteiger partial charge in [0, 0.05) is 17.2 Å². The van der Waals surface area contributed by atoms with E-state index in [1.807, 2.05) is 0 Å². The molecule has 2 aromatic heterocycles. The molecule has 0 bridgehead atoms. The maximum absolute atomic E-state index is 12.8. The van der Waals surface area contributed by atoms with Gasteiger partial charge in [0.05, 0.1) is 18.5 Å². The van der Waals surface area contributed by atoms with E-state index in [-0.39, 0.29) is 17.0 Å². The van der Waals surface area contributed by atoms with E-state index in [0.29, 0.717) is 22.4 Å². The summed E-state index contributed by atoms with van der Waals surface area (Å²) in [5.74, 6) is -0.855. The molecule has 31 heavy (non-hydrogen) atoms. The number of hydrogen-bond donors (Lipinski definition) is 2. The van der Waals surface area contributed by atoms with E-state index in [9.17, 15) is 18.0 Å². The number of carbonyl (C=O) groups excluding carboxylic acids is 1. The number of nitrogens with one attached hydrogen (secondary N) is 2. The lowest BCUT2D eigenvalue weighted by molar-refractivity contribution is -0.274. The topological polar surface area (TPSA) is 102 Å². The summed E-state index contributed by atoms with van der Waals surface area (Å²) in [5, 5.41) is 12.9. The van der Waals surface area contributed by atoms with Crippen LogP contribution >= 0.6 is 0 Å². The van der Waals surface area contributed by atoms with Crippen LogP contribution in [0, 0.1) is 0 Å². The molecule has 0 aliphatic heterocycles. The van der Waals surface area contributed by atoms with E-state index in [0.717, 1.165) is 12.1 Å². The average molecular weight is 429 g/mol. The number of fused-ring (bicyclic) bond motifs is 1. The van der Waals surface area contributed by atoms with Gasteiger partial charge in [0.1, 0.15) is 17.0 Å². The van der Waals surface area contributed by atoms with E-state index in [4.69, 9.17) is 4.74 Å². The van der Waals surface area contributed by atoms with Crippen LogP contribution in [0.2, 0.25) is 0 Å². The number of H-pyrrole nitrogens is 1. The van der Waals surface area contributed by atoms with Crippen molar-refractivity contribution in [3.8, 4) is 22.8 Å². The zero-order valence-electron chi connectivity index (χ0n) is 15.9. The van der Waals surface area contributed by atoms with Gasteiger partial charge < -0.3 is 14.8 Å². The molecule has 4 rings (SSSR count). The number of hydrogen-bond acceptors (Lipinski definition) is 6. The molecule has 8 nitrogen and oxygen atoms in total. The third kappa shape index (κ3) is 4.55. The Labute approximate surface area is 173 Å². The van der Waals surface area contributed by atoms with Crippen LogP contribution in [-0.2, 0) is 0 Å². The summed E-state index contributed by atoms with van der Waals surface area (Å²) >= 11 is 0. The van der Waals surface area contributed by atoms with Gasteiger partial charge in [0.15, 0.2) is 0 Å². The minimum Gasteiger partial charge on any atom is -0.495 e. The second-order valence-electron chi connectivity index (χ2n) is 6.31. The van der Waals surface area contributed by atoms with E-state index in [2.05, 4.69) is 30.4 Å². The molecule has 1 amide bonds. The largest absolute Gasteiger partial charge is 0.573 e. The molecule has 0 fully saturated rings. The van der Waals surface area contributed by atoms with Crippen LogP contribution in [0.1, 0.15) is 10.4 Å². The number of halogens is 3. The van der Waals surface area contributed by atoms with E-state index < -0.39 is 18.0 Å². The summed E-state index contributed by atoms with van der Waals surface area (Å²) in [6, 6.07) is 13.5. The zero-order valence-corrected chi connectivity index (χ0v) is 15.9. The summed E-state index contributed by atoms with van der Waals surface area (Å²) in [6.45, 7) is 0. The van der Waals surface area contributed by atoms with Gasteiger partial charge in [0.25, 0.3) is 5.91 Å². The highest BCUT2D eigenvalue weighted by Crippen LogP contribution is 2.32. The highest BCUT2D eigenvalue weighted by molar-refractivity contribution is 6.05. The lowest BCUT2D eigenvalue weighted by Crippen LogP contribution is -2.18. The van der Waals surface area contributed by atoms with Crippen LogP contribution in [0.25, 0.3) is 22.4 Å². The molecule has 4 aromatic rings. The Bertz CT molecular complexity index is 1260. The van der Waals surface area contributed by atoms with Gasteiger partial charge in [0.2, 0.25) is 5.65 Å². The maximum Gasteiger partial charge on any atom is 0.573 e. The van der Waals surface area contributed by atoms with Crippen molar-refractivity contribution >= 4 is 22.8 Å². The fraction of sp³-hybridized carbons (Fsp3) is 0.100. The molecule has 0 saturated heterocycles. The molecule has 0 aliphatic rings. The Balaban J connectivity index is 1.60. The van der Waals surface area contributed by atoms with E-state index in [1.165, 1.54) is 13.2 Å². The summed E-state index contributed by atoms with van der Waals surface area (Å²) in [7, 11) is 1.33. The molecular weight excluding hydrogens is 415 g/mol. The summed E-state index contributed by atoms with van der Waals surface area (Å²) < 4.78 is 46.5. The monoisotopic (exact) mass is 429 g/mol. The molecule has 0 atom stereocenters. The quantitative estimate of drug-likeness (QED) is 0.494. The van der Waals surface area contributed by atoms with Crippen molar-refractivity contribution in [3.05, 3.63) is 60.2 Å². The Morgan fingerprint density at radius 2 is 1.90 bits per heavy atom. The predicted octanol–water partition coefficient (Wildman–Crippen LogP) is 4.18. The highest BCUT2D eigenvalue weighted by Gasteiger charge is 2.31. The van der Waals surface area contributed by atoms with Crippen molar-refractivity contribution in [2.45, 2.75) is 6.36 Å². The van der Waals surface area contributed by atoms with E-state index >= 15 is 0 Å². The maximum atomic E-state index is 12.8. The number of methoxy groups -OCH3 is 1. The fourth-order valence-corrected chi connectivity index (χ4v) is 2.89. The summed E-state index contributed by atoms with van der Waals surface area (Å²) in [6.07, 6.45) is -4.86. The normalized spacial score (nSPS) is 11.4. The first kappa shape index (κ1) is 20.1. The van der Waals surface area contributed by atoms with Crippen LogP contribution < -0.4 is 14.8 Å². The SMILES string of the molecule is COc1ccc(OC(F)(F)F)cc1NC(=O)c1cccc(-c2ccc3n[nH]nc3n2)c1. The number of alkyl halides is 3. The van der Waals surface area contributed by atoms with Crippen LogP contribution in [-0.4, -0.2) is 39.8 Å². The zero-order chi connectivity index (χ0) is 22.0. The Morgan fingerprint density at radius 1 is 1.06 bits per heavy atom. The molecule has 0 radical (unpaired) electrons. The highest BCUT2D eigenvalue weighted by atomic mass is 19.4. The second-order valence-corrected chi connectivity index (χ2v) is 6.31. The Hall–Kier alpha value is -4.15. The Morgan fingerprint density at radius 3 is 2.68 bits per heavy atom. The molecule has 0 aliphatic carbocycles. The van der Waals surface area contributed by atoms with Gasteiger partial charge in [-0.3, -0.25) is 4.79 Å². The standard InChI is InChI=1S/C20H14F3N5O3/c1-30-17-8-5-13(31-20(21,22)23)10-16(17)25-19(29)12-4-2-3-11(9-12)14-6-7-15-18(24-14)27-28-26-15/h2-10H,1H3,(H,25,29)(H,24,26,27,28). The molecule has 0 spiro atoms. The first-order chi connectivity index (χ1) is 14.8. The lowest BCUT2D eigenvalue weighted by atomic mass is 10.1. The van der Waals surface area contributed by atoms with Crippen LogP contribution in [0.3, 0.4) is 0 Å². The predicted molar refractivity (Wildman–Crippen MR) is 105 cm³/mol. The van der Waals surface area contributed by atoms with Crippen LogP contribution in [0.15, 0.2) is 54.6 Å².